The van der Waals surface area contributed by atoms with Crippen LogP contribution in [0, 0.1) is 20.2 Å². The summed E-state index contributed by atoms with van der Waals surface area (Å²) < 4.78 is 0. The first-order valence-corrected chi connectivity index (χ1v) is 4.24. The summed E-state index contributed by atoms with van der Waals surface area (Å²) in [6.07, 6.45) is 0. The van der Waals surface area contributed by atoms with Crippen molar-refractivity contribution in [3.63, 3.8) is 0 Å². The Morgan fingerprint density at radius 2 is 1.86 bits per heavy atom. The van der Waals surface area contributed by atoms with Gasteiger partial charge in [0.15, 0.2) is 0 Å². The van der Waals surface area contributed by atoms with Crippen LogP contribution in [0.1, 0.15) is 0 Å². The van der Waals surface area contributed by atoms with Crippen molar-refractivity contribution in [1.29, 1.82) is 0 Å². The third-order valence-corrected chi connectivity index (χ3v) is 2.07. The molecule has 14 heavy (non-hydrogen) atoms. The monoisotopic (exact) mass is 215 g/mol. The van der Waals surface area contributed by atoms with E-state index < -0.39 is 21.2 Å². The third-order valence-electron chi connectivity index (χ3n) is 1.48. The standard InChI is InChI=1S/C6H5N3O4S/c7-14-5-3-1-2-4(8(10)11)6(5)9(12)13/h1-3H,7H2. The van der Waals surface area contributed by atoms with Gasteiger partial charge >= 0.3 is 11.4 Å². The second kappa shape index (κ2) is 4.03. The molecule has 1 aromatic carbocycles. The van der Waals surface area contributed by atoms with Crippen LogP contribution in [-0.2, 0) is 0 Å². The topological polar surface area (TPSA) is 112 Å². The molecule has 2 N–H and O–H groups in total. The lowest BCUT2D eigenvalue weighted by atomic mass is 10.3. The lowest BCUT2D eigenvalue weighted by Gasteiger charge is -1.98. The number of rotatable bonds is 3. The van der Waals surface area contributed by atoms with Gasteiger partial charge in [0.2, 0.25) is 0 Å². The van der Waals surface area contributed by atoms with E-state index in [2.05, 4.69) is 0 Å². The molecule has 0 aromatic heterocycles. The molecule has 74 valence electrons. The Morgan fingerprint density at radius 3 is 2.29 bits per heavy atom. The Balaban J connectivity index is 3.43. The summed E-state index contributed by atoms with van der Waals surface area (Å²) in [6.45, 7) is 0. The van der Waals surface area contributed by atoms with Crippen molar-refractivity contribution in [2.24, 2.45) is 5.14 Å². The van der Waals surface area contributed by atoms with Crippen molar-refractivity contribution in [2.75, 3.05) is 0 Å². The van der Waals surface area contributed by atoms with Crippen LogP contribution < -0.4 is 5.14 Å². The number of benzene rings is 1. The van der Waals surface area contributed by atoms with Gasteiger partial charge in [-0.3, -0.25) is 25.4 Å². The van der Waals surface area contributed by atoms with Gasteiger partial charge in [0.25, 0.3) is 0 Å². The maximum absolute atomic E-state index is 10.5. The number of nitrogens with two attached hydrogens (primary N) is 1. The minimum absolute atomic E-state index is 0.0733. The van der Waals surface area contributed by atoms with E-state index in [1.54, 1.807) is 0 Å². The van der Waals surface area contributed by atoms with Crippen molar-refractivity contribution in [3.8, 4) is 0 Å². The fraction of sp³-hybridized carbons (Fsp3) is 0. The van der Waals surface area contributed by atoms with E-state index in [1.807, 2.05) is 0 Å². The molecule has 1 rings (SSSR count). The van der Waals surface area contributed by atoms with Crippen LogP contribution in [0.2, 0.25) is 0 Å². The number of hydrogen-bond donors (Lipinski definition) is 1. The maximum atomic E-state index is 10.5. The van der Waals surface area contributed by atoms with Gasteiger partial charge in [0, 0.05) is 6.07 Å². The molecule has 7 nitrogen and oxygen atoms in total. The van der Waals surface area contributed by atoms with Crippen LogP contribution in [0.25, 0.3) is 0 Å². The smallest absolute Gasteiger partial charge is 0.273 e. The highest BCUT2D eigenvalue weighted by molar-refractivity contribution is 7.97. The summed E-state index contributed by atoms with van der Waals surface area (Å²) >= 11 is 0.609. The van der Waals surface area contributed by atoms with E-state index >= 15 is 0 Å². The number of para-hydroxylation sites is 1. The molecule has 0 bridgehead atoms. The Labute approximate surface area is 82.3 Å². The summed E-state index contributed by atoms with van der Waals surface area (Å²) in [6, 6.07) is 3.77. The fourth-order valence-electron chi connectivity index (χ4n) is 0.937. The summed E-state index contributed by atoms with van der Waals surface area (Å²) in [5.74, 6) is 0. The molecule has 0 heterocycles. The van der Waals surface area contributed by atoms with Crippen LogP contribution in [0.5, 0.6) is 0 Å². The Bertz CT molecular complexity index is 395. The normalized spacial score (nSPS) is 9.79. The molecule has 1 aromatic rings. The van der Waals surface area contributed by atoms with Crippen molar-refractivity contribution in [3.05, 3.63) is 38.4 Å². The van der Waals surface area contributed by atoms with Gasteiger partial charge in [0.1, 0.15) is 4.90 Å². The SMILES string of the molecule is NSc1cccc([N+](=O)[O-])c1[N+](=O)[O-]. The molecule has 0 unspecified atom stereocenters. The zero-order valence-corrected chi connectivity index (χ0v) is 7.56. The molecule has 0 aliphatic heterocycles. The van der Waals surface area contributed by atoms with Crippen molar-refractivity contribution < 1.29 is 9.85 Å². The molecule has 0 amide bonds. The molecule has 0 saturated heterocycles. The predicted octanol–water partition coefficient (Wildman–Crippen LogP) is 1.47. The van der Waals surface area contributed by atoms with Crippen LogP contribution in [-0.4, -0.2) is 9.85 Å². The number of nitro benzene ring substituents is 2. The molecule has 0 aliphatic carbocycles. The van der Waals surface area contributed by atoms with Gasteiger partial charge in [-0.05, 0) is 18.0 Å². The highest BCUT2D eigenvalue weighted by atomic mass is 32.2. The number of nitro groups is 2. The second-order valence-corrected chi connectivity index (χ2v) is 2.93. The highest BCUT2D eigenvalue weighted by Crippen LogP contribution is 2.34. The van der Waals surface area contributed by atoms with E-state index in [9.17, 15) is 20.2 Å². The van der Waals surface area contributed by atoms with Gasteiger partial charge in [-0.1, -0.05) is 6.07 Å². The van der Waals surface area contributed by atoms with Crippen LogP contribution in [0.15, 0.2) is 23.1 Å². The second-order valence-electron chi connectivity index (χ2n) is 2.26. The molecule has 0 spiro atoms. The molecule has 0 atom stereocenters. The molecule has 0 radical (unpaired) electrons. The van der Waals surface area contributed by atoms with Gasteiger partial charge < -0.3 is 0 Å². The number of nitrogens with zero attached hydrogens (tertiary/aromatic N) is 2. The maximum Gasteiger partial charge on any atom is 0.360 e. The number of hydrogen-bond acceptors (Lipinski definition) is 6. The summed E-state index contributed by atoms with van der Waals surface area (Å²) in [5, 5.41) is 26.1. The van der Waals surface area contributed by atoms with Gasteiger partial charge in [-0.2, -0.15) is 0 Å². The quantitative estimate of drug-likeness (QED) is 0.464. The van der Waals surface area contributed by atoms with Crippen molar-refractivity contribution in [2.45, 2.75) is 4.90 Å². The molecular formula is C6H5N3O4S. The van der Waals surface area contributed by atoms with Crippen LogP contribution in [0.4, 0.5) is 11.4 Å². The summed E-state index contributed by atoms with van der Waals surface area (Å²) in [5.41, 5.74) is -1.12. The predicted molar refractivity (Wildman–Crippen MR) is 49.8 cm³/mol. The zero-order chi connectivity index (χ0) is 10.7. The Hall–Kier alpha value is -1.67. The molecule has 0 aliphatic rings. The lowest BCUT2D eigenvalue weighted by molar-refractivity contribution is -0.424. The minimum atomic E-state index is -0.812. The molecule has 8 heteroatoms. The average Bonchev–Trinajstić information content (AvgIpc) is 2.16. The minimum Gasteiger partial charge on any atom is -0.273 e. The molecule has 0 fully saturated rings. The Kier molecular flexibility index (Phi) is 2.99. The average molecular weight is 215 g/mol. The van der Waals surface area contributed by atoms with E-state index in [0.29, 0.717) is 11.9 Å². The summed E-state index contributed by atoms with van der Waals surface area (Å²) in [4.78, 5) is 19.4. The van der Waals surface area contributed by atoms with E-state index in [4.69, 9.17) is 5.14 Å². The Morgan fingerprint density at radius 1 is 1.21 bits per heavy atom. The highest BCUT2D eigenvalue weighted by Gasteiger charge is 2.27. The van der Waals surface area contributed by atoms with Crippen LogP contribution in [0.3, 0.4) is 0 Å². The summed E-state index contributed by atoms with van der Waals surface area (Å²) in [7, 11) is 0. The fourth-order valence-corrected chi connectivity index (χ4v) is 1.38. The first-order valence-electron chi connectivity index (χ1n) is 3.36. The largest absolute Gasteiger partial charge is 0.360 e. The first kappa shape index (κ1) is 10.4. The van der Waals surface area contributed by atoms with Gasteiger partial charge in [0.05, 0.1) is 9.85 Å². The van der Waals surface area contributed by atoms with Gasteiger partial charge in [-0.25, -0.2) is 0 Å². The van der Waals surface area contributed by atoms with Crippen LogP contribution >= 0.6 is 11.9 Å². The van der Waals surface area contributed by atoms with Crippen molar-refractivity contribution >= 4 is 23.3 Å². The van der Waals surface area contributed by atoms with E-state index in [1.165, 1.54) is 12.1 Å². The first-order chi connectivity index (χ1) is 6.57. The third kappa shape index (κ3) is 1.80. The zero-order valence-electron chi connectivity index (χ0n) is 6.75. The molecular weight excluding hydrogens is 210 g/mol. The molecule has 0 saturated carbocycles. The van der Waals surface area contributed by atoms with E-state index in [-0.39, 0.29) is 4.90 Å². The van der Waals surface area contributed by atoms with Gasteiger partial charge in [-0.15, -0.1) is 0 Å². The lowest BCUT2D eigenvalue weighted by Crippen LogP contribution is -1.98. The van der Waals surface area contributed by atoms with E-state index in [0.717, 1.165) is 6.07 Å². The van der Waals surface area contributed by atoms with Crippen molar-refractivity contribution in [1.82, 2.24) is 0 Å².